The quantitative estimate of drug-likeness (QED) is 0.0607. The summed E-state index contributed by atoms with van der Waals surface area (Å²) in [6.07, 6.45) is 9.89. The third-order valence-corrected chi connectivity index (χ3v) is 12.0. The third kappa shape index (κ3) is 9.80. The molecule has 324 valence electrons. The van der Waals surface area contributed by atoms with E-state index < -0.39 is 19.2 Å². The van der Waals surface area contributed by atoms with Crippen LogP contribution in [0, 0.1) is 0 Å². The van der Waals surface area contributed by atoms with E-state index in [1.807, 2.05) is 18.2 Å². The first-order valence-electron chi connectivity index (χ1n) is 19.8. The zero-order chi connectivity index (χ0) is 44.6. The topological polar surface area (TPSA) is 216 Å². The minimum Gasteiger partial charge on any atom is -0.394 e. The summed E-state index contributed by atoms with van der Waals surface area (Å²) in [5.74, 6) is 0.229. The Balaban J connectivity index is 0.000000192. The second-order valence-electron chi connectivity index (χ2n) is 17.4. The van der Waals surface area contributed by atoms with Gasteiger partial charge in [-0.2, -0.15) is 10.2 Å². The number of aliphatic hydroxyl groups is 2. The van der Waals surface area contributed by atoms with Crippen molar-refractivity contribution < 1.29 is 24.5 Å². The van der Waals surface area contributed by atoms with Crippen LogP contribution in [-0.4, -0.2) is 110 Å². The predicted octanol–water partition coefficient (Wildman–Crippen LogP) is 6.69. The Morgan fingerprint density at radius 2 is 1.31 bits per heavy atom. The Hall–Kier alpha value is -5.76. The van der Waals surface area contributed by atoms with E-state index in [2.05, 4.69) is 60.4 Å². The van der Waals surface area contributed by atoms with Crippen molar-refractivity contribution in [3.05, 3.63) is 94.8 Å². The molecule has 6 heterocycles. The number of aromatic nitrogens is 10. The molecule has 6 aromatic heterocycles. The summed E-state index contributed by atoms with van der Waals surface area (Å²) in [5, 5.41) is 36.4. The van der Waals surface area contributed by atoms with Gasteiger partial charge in [0.05, 0.1) is 71.2 Å². The molecule has 8 aromatic rings. The van der Waals surface area contributed by atoms with E-state index in [1.165, 1.54) is 0 Å². The lowest BCUT2D eigenvalue weighted by Crippen LogP contribution is -2.46. The number of carbonyl (C=O) groups excluding carboxylic acids is 2. The van der Waals surface area contributed by atoms with E-state index in [0.29, 0.717) is 61.7 Å². The average Bonchev–Trinajstić information content (AvgIpc) is 4.02. The summed E-state index contributed by atoms with van der Waals surface area (Å²) in [6.45, 7) is 14.4. The summed E-state index contributed by atoms with van der Waals surface area (Å²) in [5.41, 5.74) is 2.59. The number of nitrogens with zero attached hydrogens (tertiary/aromatic N) is 9. The monoisotopic (exact) mass is 898 g/mol. The Morgan fingerprint density at radius 3 is 1.85 bits per heavy atom. The fourth-order valence-corrected chi connectivity index (χ4v) is 7.37. The third-order valence-electron chi connectivity index (χ3n) is 9.83. The average molecular weight is 900 g/mol. The summed E-state index contributed by atoms with van der Waals surface area (Å²) in [6, 6.07) is 12.0. The molecular formula is C42H48Cl2N12O5Si. The molecule has 20 heteroatoms. The number of ether oxygens (including phenoxy) is 1. The minimum absolute atomic E-state index is 0.182. The van der Waals surface area contributed by atoms with Gasteiger partial charge in [-0.15, -0.1) is 0 Å². The number of aromatic amines is 1. The number of fused-ring (bicyclic) bond motifs is 4. The first kappa shape index (κ1) is 44.3. The fourth-order valence-electron chi connectivity index (χ4n) is 6.28. The van der Waals surface area contributed by atoms with Crippen LogP contribution in [0.3, 0.4) is 0 Å². The second kappa shape index (κ2) is 17.5. The molecular weight excluding hydrogens is 852 g/mol. The zero-order valence-electron chi connectivity index (χ0n) is 35.4. The van der Waals surface area contributed by atoms with Gasteiger partial charge < -0.3 is 35.1 Å². The van der Waals surface area contributed by atoms with Gasteiger partial charge in [-0.25, -0.2) is 29.3 Å². The van der Waals surface area contributed by atoms with Crippen molar-refractivity contribution in [1.29, 1.82) is 0 Å². The molecule has 0 saturated heterocycles. The lowest BCUT2D eigenvalue weighted by Gasteiger charge is -2.23. The maximum absolute atomic E-state index is 13.2. The SMILES string of the molecule is CC(C)(CO)NC(=O)c1c[nH]c2ncc(-n3ncc4ccc(Cl)cc43)nc12.CC(C)(CO)NC(=O)c1cn(COCC[Si](C)(C)C)c2ncc(-n3ncc4ccc(Cl)cc43)nc12. The van der Waals surface area contributed by atoms with Crippen molar-refractivity contribution in [2.45, 2.75) is 71.2 Å². The summed E-state index contributed by atoms with van der Waals surface area (Å²) < 4.78 is 11.0. The smallest absolute Gasteiger partial charge is 0.255 e. The highest BCUT2D eigenvalue weighted by molar-refractivity contribution is 6.76. The van der Waals surface area contributed by atoms with Gasteiger partial charge >= 0.3 is 0 Å². The molecule has 0 aliphatic heterocycles. The van der Waals surface area contributed by atoms with Crippen LogP contribution in [-0.2, 0) is 11.5 Å². The van der Waals surface area contributed by atoms with Gasteiger partial charge in [0.2, 0.25) is 0 Å². The highest BCUT2D eigenvalue weighted by Gasteiger charge is 2.26. The molecule has 0 aliphatic rings. The van der Waals surface area contributed by atoms with Crippen LogP contribution in [0.25, 0.3) is 55.8 Å². The molecule has 0 spiro atoms. The van der Waals surface area contributed by atoms with Crippen LogP contribution >= 0.6 is 23.2 Å². The van der Waals surface area contributed by atoms with Crippen LogP contribution in [0.15, 0.2) is 73.6 Å². The van der Waals surface area contributed by atoms with E-state index in [-0.39, 0.29) is 31.8 Å². The van der Waals surface area contributed by atoms with Gasteiger partial charge in [-0.1, -0.05) is 42.8 Å². The first-order valence-corrected chi connectivity index (χ1v) is 24.2. The molecule has 0 fully saturated rings. The number of aliphatic hydroxyl groups excluding tert-OH is 2. The summed E-state index contributed by atoms with van der Waals surface area (Å²) in [7, 11) is -1.23. The van der Waals surface area contributed by atoms with Crippen molar-refractivity contribution in [3.63, 3.8) is 0 Å². The molecule has 2 aromatic carbocycles. The number of H-pyrrole nitrogens is 1. The normalized spacial score (nSPS) is 12.3. The van der Waals surface area contributed by atoms with Gasteiger partial charge in [-0.3, -0.25) is 9.59 Å². The molecule has 5 N–H and O–H groups in total. The highest BCUT2D eigenvalue weighted by Crippen LogP contribution is 2.26. The number of carbonyl (C=O) groups is 2. The predicted molar refractivity (Wildman–Crippen MR) is 242 cm³/mol. The largest absolute Gasteiger partial charge is 0.394 e. The standard InChI is InChI=1S/C24H31ClN6O3Si.C18H17ClN6O2/c1-24(2,14-32)29-23(33)18-13-30(15-34-8-9-35(3,4)5)22-21(18)28-20(12-26-22)31-19-10-17(25)7-6-16(19)11-27-31;1-18(2,9-26)24-17(27)12-7-20-16-15(12)23-14(8-21-16)25-13-5-11(19)4-3-10(13)6-22-25/h6-7,10-13,32H,8-9,14-15H2,1-5H3,(H,29,33);3-8,26H,9H2,1-2H3,(H,20,21)(H,24,27). The Kier molecular flexibility index (Phi) is 12.5. The number of hydrogen-bond acceptors (Lipinski definition) is 11. The number of amides is 2. The molecule has 2 amide bonds. The minimum atomic E-state index is -1.23. The fraction of sp³-hybridized carbons (Fsp3) is 0.333. The number of hydrogen-bond donors (Lipinski definition) is 5. The van der Waals surface area contributed by atoms with Crippen molar-refractivity contribution >= 4 is 87.2 Å². The van der Waals surface area contributed by atoms with E-state index in [9.17, 15) is 19.8 Å². The van der Waals surface area contributed by atoms with Gasteiger partial charge in [0.25, 0.3) is 11.8 Å². The molecule has 0 saturated carbocycles. The molecule has 0 bridgehead atoms. The van der Waals surface area contributed by atoms with Gasteiger partial charge in [0.15, 0.2) is 22.9 Å². The van der Waals surface area contributed by atoms with Crippen molar-refractivity contribution in [2.75, 3.05) is 19.8 Å². The van der Waals surface area contributed by atoms with Crippen molar-refractivity contribution in [3.8, 4) is 11.6 Å². The maximum atomic E-state index is 13.2. The van der Waals surface area contributed by atoms with E-state index in [4.69, 9.17) is 32.9 Å². The summed E-state index contributed by atoms with van der Waals surface area (Å²) in [4.78, 5) is 47.0. The van der Waals surface area contributed by atoms with Crippen LogP contribution in [0.5, 0.6) is 0 Å². The lowest BCUT2D eigenvalue weighted by atomic mass is 10.1. The Labute approximate surface area is 367 Å². The molecule has 62 heavy (non-hydrogen) atoms. The molecule has 17 nitrogen and oxygen atoms in total. The number of benzene rings is 2. The molecule has 8 rings (SSSR count). The molecule has 0 atom stereocenters. The van der Waals surface area contributed by atoms with Crippen LogP contribution in [0.2, 0.25) is 35.7 Å². The molecule has 0 aliphatic carbocycles. The van der Waals surface area contributed by atoms with E-state index >= 15 is 0 Å². The number of nitrogens with one attached hydrogen (secondary N) is 3. The summed E-state index contributed by atoms with van der Waals surface area (Å²) >= 11 is 12.3. The van der Waals surface area contributed by atoms with Crippen LogP contribution in [0.1, 0.15) is 48.4 Å². The second-order valence-corrected chi connectivity index (χ2v) is 23.9. The van der Waals surface area contributed by atoms with Crippen molar-refractivity contribution in [2.24, 2.45) is 0 Å². The van der Waals surface area contributed by atoms with Crippen LogP contribution in [0.4, 0.5) is 0 Å². The lowest BCUT2D eigenvalue weighted by molar-refractivity contribution is 0.0855. The Morgan fingerprint density at radius 1 is 0.774 bits per heavy atom. The van der Waals surface area contributed by atoms with Gasteiger partial charge in [0, 0.05) is 47.9 Å². The van der Waals surface area contributed by atoms with Gasteiger partial charge in [-0.05, 0) is 70.1 Å². The van der Waals surface area contributed by atoms with Crippen LogP contribution < -0.4 is 10.6 Å². The first-order chi connectivity index (χ1) is 29.3. The van der Waals surface area contributed by atoms with Gasteiger partial charge in [0.1, 0.15) is 17.8 Å². The number of halogens is 2. The number of rotatable bonds is 13. The zero-order valence-corrected chi connectivity index (χ0v) is 37.9. The Bertz CT molecular complexity index is 2930. The highest BCUT2D eigenvalue weighted by atomic mass is 35.5. The maximum Gasteiger partial charge on any atom is 0.255 e. The molecule has 0 unspecified atom stereocenters. The molecule has 0 radical (unpaired) electrons. The van der Waals surface area contributed by atoms with E-state index in [1.54, 1.807) is 97.0 Å². The van der Waals surface area contributed by atoms with E-state index in [0.717, 1.165) is 27.8 Å². The van der Waals surface area contributed by atoms with Crippen molar-refractivity contribution in [1.82, 2.24) is 59.7 Å².